The summed E-state index contributed by atoms with van der Waals surface area (Å²) in [5.41, 5.74) is -0.785. The highest BCUT2D eigenvalue weighted by Gasteiger charge is 2.39. The lowest BCUT2D eigenvalue weighted by Crippen LogP contribution is -2.41. The summed E-state index contributed by atoms with van der Waals surface area (Å²) in [6.07, 6.45) is 4.48. The van der Waals surface area contributed by atoms with Gasteiger partial charge in [0.05, 0.1) is 16.4 Å². The molecule has 1 aliphatic carbocycles. The fourth-order valence-corrected chi connectivity index (χ4v) is 3.75. The Morgan fingerprint density at radius 2 is 2.17 bits per heavy atom. The maximum absolute atomic E-state index is 12.2. The van der Waals surface area contributed by atoms with Crippen molar-refractivity contribution >= 4 is 33.2 Å². The zero-order valence-corrected chi connectivity index (χ0v) is 12.4. The van der Waals surface area contributed by atoms with E-state index in [1.807, 2.05) is 12.1 Å². The van der Waals surface area contributed by atoms with Crippen LogP contribution in [0.25, 0.3) is 0 Å². The van der Waals surface area contributed by atoms with E-state index in [-0.39, 0.29) is 5.91 Å². The van der Waals surface area contributed by atoms with Gasteiger partial charge in [-0.3, -0.25) is 4.79 Å². The Labute approximate surface area is 119 Å². The van der Waals surface area contributed by atoms with Gasteiger partial charge in [-0.2, -0.15) is 5.26 Å². The molecule has 1 fully saturated rings. The van der Waals surface area contributed by atoms with Crippen LogP contribution in [0, 0.1) is 16.7 Å². The van der Waals surface area contributed by atoms with E-state index in [0.717, 1.165) is 27.9 Å². The molecule has 0 atom stereocenters. The van der Waals surface area contributed by atoms with E-state index in [1.165, 1.54) is 0 Å². The van der Waals surface area contributed by atoms with Crippen molar-refractivity contribution in [3.8, 4) is 6.07 Å². The summed E-state index contributed by atoms with van der Waals surface area (Å²) in [4.78, 5) is 13.3. The lowest BCUT2D eigenvalue weighted by atomic mass is 9.74. The van der Waals surface area contributed by atoms with Crippen LogP contribution in [0.4, 0.5) is 0 Å². The molecule has 0 saturated heterocycles. The fourth-order valence-electron chi connectivity index (χ4n) is 2.33. The molecule has 1 saturated carbocycles. The Morgan fingerprint density at radius 3 is 2.72 bits per heavy atom. The molecule has 0 aliphatic heterocycles. The average Bonchev–Trinajstić information content (AvgIpc) is 2.82. The predicted molar refractivity (Wildman–Crippen MR) is 75.0 cm³/mol. The van der Waals surface area contributed by atoms with Crippen LogP contribution in [0.5, 0.6) is 0 Å². The Balaban J connectivity index is 1.96. The molecular formula is C13H15BrN2OS. The number of hydrogen-bond donors (Lipinski definition) is 1. The van der Waals surface area contributed by atoms with Crippen LogP contribution in [0.2, 0.25) is 0 Å². The first-order chi connectivity index (χ1) is 8.66. The number of nitrogens with one attached hydrogen (secondary N) is 1. The molecule has 0 bridgehead atoms. The number of rotatable bonds is 3. The van der Waals surface area contributed by atoms with Gasteiger partial charge in [0, 0.05) is 4.88 Å². The van der Waals surface area contributed by atoms with Crippen LogP contribution in [-0.4, -0.2) is 5.91 Å². The summed E-state index contributed by atoms with van der Waals surface area (Å²) in [5, 5.41) is 12.2. The molecule has 5 heteroatoms. The van der Waals surface area contributed by atoms with Crippen molar-refractivity contribution < 1.29 is 4.79 Å². The molecule has 1 amide bonds. The minimum Gasteiger partial charge on any atom is -0.350 e. The number of halogens is 1. The summed E-state index contributed by atoms with van der Waals surface area (Å²) in [5.74, 6) is -0.103. The predicted octanol–water partition coefficient (Wildman–Crippen LogP) is 3.60. The zero-order chi connectivity index (χ0) is 13.0. The Hall–Kier alpha value is -0.860. The molecule has 0 aromatic carbocycles. The van der Waals surface area contributed by atoms with Gasteiger partial charge >= 0.3 is 0 Å². The Morgan fingerprint density at radius 1 is 1.44 bits per heavy atom. The van der Waals surface area contributed by atoms with Crippen molar-refractivity contribution in [3.05, 3.63) is 20.8 Å². The van der Waals surface area contributed by atoms with Crippen LogP contribution in [0.1, 0.15) is 37.0 Å². The summed E-state index contributed by atoms with van der Waals surface area (Å²) in [6, 6.07) is 6.19. The number of hydrogen-bond acceptors (Lipinski definition) is 3. The monoisotopic (exact) mass is 326 g/mol. The molecule has 1 N–H and O–H groups in total. The van der Waals surface area contributed by atoms with Crippen molar-refractivity contribution in [2.75, 3.05) is 0 Å². The highest BCUT2D eigenvalue weighted by atomic mass is 79.9. The van der Waals surface area contributed by atoms with E-state index >= 15 is 0 Å². The second kappa shape index (κ2) is 5.85. The van der Waals surface area contributed by atoms with Gasteiger partial charge in [0.25, 0.3) is 0 Å². The molecule has 1 aliphatic rings. The van der Waals surface area contributed by atoms with Crippen molar-refractivity contribution in [1.29, 1.82) is 5.26 Å². The van der Waals surface area contributed by atoms with E-state index < -0.39 is 5.41 Å². The van der Waals surface area contributed by atoms with E-state index in [1.54, 1.807) is 11.3 Å². The molecule has 0 spiro atoms. The summed E-state index contributed by atoms with van der Waals surface area (Å²) >= 11 is 5.00. The number of nitriles is 1. The van der Waals surface area contributed by atoms with Gasteiger partial charge in [-0.05, 0) is 40.9 Å². The van der Waals surface area contributed by atoms with E-state index in [9.17, 15) is 10.1 Å². The van der Waals surface area contributed by atoms with Gasteiger partial charge in [-0.15, -0.1) is 11.3 Å². The summed E-state index contributed by atoms with van der Waals surface area (Å²) in [7, 11) is 0. The molecule has 1 aromatic rings. The summed E-state index contributed by atoms with van der Waals surface area (Å²) < 4.78 is 1.06. The highest BCUT2D eigenvalue weighted by Crippen LogP contribution is 2.36. The largest absolute Gasteiger partial charge is 0.350 e. The second-order valence-electron chi connectivity index (χ2n) is 4.64. The molecule has 0 radical (unpaired) electrons. The van der Waals surface area contributed by atoms with Gasteiger partial charge in [-0.1, -0.05) is 19.3 Å². The second-order valence-corrected chi connectivity index (χ2v) is 7.19. The maximum Gasteiger partial charge on any atom is 0.240 e. The number of carbonyl (C=O) groups is 1. The first kappa shape index (κ1) is 13.6. The van der Waals surface area contributed by atoms with Crippen LogP contribution < -0.4 is 5.32 Å². The zero-order valence-electron chi connectivity index (χ0n) is 10.0. The number of thiophene rings is 1. The van der Waals surface area contributed by atoms with Crippen LogP contribution >= 0.6 is 27.3 Å². The van der Waals surface area contributed by atoms with Gasteiger partial charge < -0.3 is 5.32 Å². The Kier molecular flexibility index (Phi) is 4.41. The van der Waals surface area contributed by atoms with Crippen molar-refractivity contribution in [2.24, 2.45) is 5.41 Å². The van der Waals surface area contributed by atoms with Gasteiger partial charge in [0.1, 0.15) is 5.41 Å². The number of nitrogens with zero attached hydrogens (tertiary/aromatic N) is 1. The normalized spacial score (nSPS) is 18.0. The molecule has 1 aromatic heterocycles. The Bertz CT molecular complexity index is 472. The molecular weight excluding hydrogens is 312 g/mol. The third-order valence-corrected chi connectivity index (χ3v) is 5.03. The molecule has 96 valence electrons. The van der Waals surface area contributed by atoms with E-state index in [4.69, 9.17) is 0 Å². The minimum atomic E-state index is -0.785. The smallest absolute Gasteiger partial charge is 0.240 e. The molecule has 0 unspecified atom stereocenters. The third kappa shape index (κ3) is 2.93. The van der Waals surface area contributed by atoms with Gasteiger partial charge in [0.2, 0.25) is 5.91 Å². The van der Waals surface area contributed by atoms with Crippen molar-refractivity contribution in [2.45, 2.75) is 38.6 Å². The van der Waals surface area contributed by atoms with Crippen molar-refractivity contribution in [1.82, 2.24) is 5.32 Å². The SMILES string of the molecule is N#CC1(C(=O)NCc2ccc(Br)s2)CCCCC1. The van der Waals surface area contributed by atoms with Crippen molar-refractivity contribution in [3.63, 3.8) is 0 Å². The number of carbonyl (C=O) groups excluding carboxylic acids is 1. The maximum atomic E-state index is 12.2. The first-order valence-electron chi connectivity index (χ1n) is 6.10. The lowest BCUT2D eigenvalue weighted by Gasteiger charge is -2.29. The van der Waals surface area contributed by atoms with Crippen LogP contribution in [0.15, 0.2) is 15.9 Å². The molecule has 1 heterocycles. The topological polar surface area (TPSA) is 52.9 Å². The first-order valence-corrected chi connectivity index (χ1v) is 7.71. The number of amides is 1. The lowest BCUT2D eigenvalue weighted by molar-refractivity contribution is -0.129. The van der Waals surface area contributed by atoms with Gasteiger partial charge in [-0.25, -0.2) is 0 Å². The molecule has 3 nitrogen and oxygen atoms in total. The molecule has 2 rings (SSSR count). The highest BCUT2D eigenvalue weighted by molar-refractivity contribution is 9.11. The quantitative estimate of drug-likeness (QED) is 0.922. The minimum absolute atomic E-state index is 0.103. The van der Waals surface area contributed by atoms with Crippen LogP contribution in [-0.2, 0) is 11.3 Å². The standard InChI is InChI=1S/C13H15BrN2OS/c14-11-5-4-10(18-11)8-16-12(17)13(9-15)6-2-1-3-7-13/h4-5H,1-3,6-8H2,(H,16,17). The average molecular weight is 327 g/mol. The van der Waals surface area contributed by atoms with E-state index in [0.29, 0.717) is 19.4 Å². The summed E-state index contributed by atoms with van der Waals surface area (Å²) in [6.45, 7) is 0.512. The third-order valence-electron chi connectivity index (χ3n) is 3.41. The fraction of sp³-hybridized carbons (Fsp3) is 0.538. The molecule has 18 heavy (non-hydrogen) atoms. The van der Waals surface area contributed by atoms with Gasteiger partial charge in [0.15, 0.2) is 0 Å². The van der Waals surface area contributed by atoms with Crippen LogP contribution in [0.3, 0.4) is 0 Å². The van der Waals surface area contributed by atoms with E-state index in [2.05, 4.69) is 27.3 Å².